The number of piperidine rings is 1. The molecule has 1 aliphatic rings. The molecule has 0 saturated carbocycles. The molecule has 0 amide bonds. The first-order valence-corrected chi connectivity index (χ1v) is 7.01. The normalized spacial score (nSPS) is 22.6. The van der Waals surface area contributed by atoms with Crippen molar-refractivity contribution < 1.29 is 4.42 Å². The van der Waals surface area contributed by atoms with E-state index in [1.54, 1.807) is 0 Å². The van der Waals surface area contributed by atoms with Gasteiger partial charge in [0.2, 0.25) is 0 Å². The van der Waals surface area contributed by atoms with Gasteiger partial charge in [-0.3, -0.25) is 0 Å². The van der Waals surface area contributed by atoms with Crippen LogP contribution in [0.2, 0.25) is 0 Å². The van der Waals surface area contributed by atoms with E-state index in [9.17, 15) is 0 Å². The highest BCUT2D eigenvalue weighted by molar-refractivity contribution is 5.90. The van der Waals surface area contributed by atoms with Gasteiger partial charge in [0, 0.05) is 24.0 Å². The van der Waals surface area contributed by atoms with E-state index in [0.29, 0.717) is 6.04 Å². The Bertz CT molecular complexity index is 573. The molecule has 1 fully saturated rings. The monoisotopic (exact) mass is 258 g/mol. The molecule has 2 aromatic rings. The van der Waals surface area contributed by atoms with Crippen LogP contribution in [0.4, 0.5) is 5.69 Å². The lowest BCUT2D eigenvalue weighted by Gasteiger charge is -2.41. The summed E-state index contributed by atoms with van der Waals surface area (Å²) >= 11 is 0. The molecule has 3 rings (SSSR count). The second-order valence-corrected chi connectivity index (χ2v) is 6.19. The molecule has 3 nitrogen and oxygen atoms in total. The Morgan fingerprint density at radius 3 is 2.89 bits per heavy atom. The van der Waals surface area contributed by atoms with Crippen LogP contribution in [0.3, 0.4) is 0 Å². The summed E-state index contributed by atoms with van der Waals surface area (Å²) < 4.78 is 5.66. The minimum atomic E-state index is 0.219. The van der Waals surface area contributed by atoms with E-state index in [1.165, 1.54) is 17.5 Å². The third kappa shape index (κ3) is 2.35. The molecule has 0 bridgehead atoms. The van der Waals surface area contributed by atoms with E-state index in [-0.39, 0.29) is 5.54 Å². The SMILES string of the molecule is CN(c1coc2ccccc12)C1CCNC(C)(C)C1. The topological polar surface area (TPSA) is 28.4 Å². The fourth-order valence-electron chi connectivity index (χ4n) is 3.10. The van der Waals surface area contributed by atoms with Crippen LogP contribution in [-0.4, -0.2) is 25.2 Å². The van der Waals surface area contributed by atoms with Gasteiger partial charge < -0.3 is 14.6 Å². The summed E-state index contributed by atoms with van der Waals surface area (Å²) in [6, 6.07) is 8.82. The van der Waals surface area contributed by atoms with Gasteiger partial charge in [0.1, 0.15) is 11.8 Å². The van der Waals surface area contributed by atoms with Crippen LogP contribution >= 0.6 is 0 Å². The van der Waals surface area contributed by atoms with Gasteiger partial charge >= 0.3 is 0 Å². The van der Waals surface area contributed by atoms with Gasteiger partial charge in [-0.05, 0) is 45.4 Å². The standard InChI is InChI=1S/C16H22N2O/c1-16(2)10-12(8-9-17-16)18(3)14-11-19-15-7-5-4-6-13(14)15/h4-7,11-12,17H,8-10H2,1-3H3. The predicted octanol–water partition coefficient (Wildman–Crippen LogP) is 3.40. The van der Waals surface area contributed by atoms with Crippen LogP contribution in [0.1, 0.15) is 26.7 Å². The Kier molecular flexibility index (Phi) is 3.02. The minimum absolute atomic E-state index is 0.219. The number of hydrogen-bond acceptors (Lipinski definition) is 3. The summed E-state index contributed by atoms with van der Waals surface area (Å²) in [5, 5.41) is 4.79. The van der Waals surface area contributed by atoms with Gasteiger partial charge in [-0.1, -0.05) is 12.1 Å². The Labute approximate surface area is 114 Å². The van der Waals surface area contributed by atoms with Crippen molar-refractivity contribution in [1.29, 1.82) is 0 Å². The van der Waals surface area contributed by atoms with Crippen molar-refractivity contribution in [3.63, 3.8) is 0 Å². The molecule has 1 unspecified atom stereocenters. The third-order valence-corrected chi connectivity index (χ3v) is 4.22. The number of para-hydroxylation sites is 1. The summed E-state index contributed by atoms with van der Waals surface area (Å²) in [6.07, 6.45) is 4.22. The average Bonchev–Trinajstić information content (AvgIpc) is 2.80. The molecule has 1 aromatic heterocycles. The van der Waals surface area contributed by atoms with Crippen molar-refractivity contribution in [3.8, 4) is 0 Å². The molecule has 1 atom stereocenters. The first kappa shape index (κ1) is 12.5. The summed E-state index contributed by atoms with van der Waals surface area (Å²) in [7, 11) is 2.18. The molecular formula is C16H22N2O. The first-order chi connectivity index (χ1) is 9.07. The van der Waals surface area contributed by atoms with Crippen molar-refractivity contribution in [2.45, 2.75) is 38.3 Å². The summed E-state index contributed by atoms with van der Waals surface area (Å²) in [5.74, 6) is 0. The fourth-order valence-corrected chi connectivity index (χ4v) is 3.10. The van der Waals surface area contributed by atoms with Crippen LogP contribution < -0.4 is 10.2 Å². The van der Waals surface area contributed by atoms with Gasteiger partial charge in [-0.25, -0.2) is 0 Å². The molecule has 2 heterocycles. The van der Waals surface area contributed by atoms with E-state index >= 15 is 0 Å². The molecule has 1 aliphatic heterocycles. The zero-order valence-electron chi connectivity index (χ0n) is 11.9. The third-order valence-electron chi connectivity index (χ3n) is 4.22. The summed E-state index contributed by atoms with van der Waals surface area (Å²) in [6.45, 7) is 5.64. The predicted molar refractivity (Wildman–Crippen MR) is 79.7 cm³/mol. The highest BCUT2D eigenvalue weighted by atomic mass is 16.3. The van der Waals surface area contributed by atoms with Crippen molar-refractivity contribution in [3.05, 3.63) is 30.5 Å². The zero-order valence-corrected chi connectivity index (χ0v) is 11.9. The number of hydrogen-bond donors (Lipinski definition) is 1. The van der Waals surface area contributed by atoms with E-state index in [1.807, 2.05) is 18.4 Å². The number of nitrogens with one attached hydrogen (secondary N) is 1. The summed E-state index contributed by atoms with van der Waals surface area (Å²) in [5.41, 5.74) is 2.40. The molecule has 0 radical (unpaired) electrons. The van der Waals surface area contributed by atoms with Crippen LogP contribution in [0.5, 0.6) is 0 Å². The number of rotatable bonds is 2. The number of nitrogens with zero attached hydrogens (tertiary/aromatic N) is 1. The molecule has 3 heteroatoms. The van der Waals surface area contributed by atoms with Gasteiger partial charge in [0.25, 0.3) is 0 Å². The summed E-state index contributed by atoms with van der Waals surface area (Å²) in [4.78, 5) is 2.38. The maximum absolute atomic E-state index is 5.66. The van der Waals surface area contributed by atoms with Crippen molar-refractivity contribution in [2.75, 3.05) is 18.5 Å². The number of anilines is 1. The lowest BCUT2D eigenvalue weighted by Crippen LogP contribution is -2.52. The van der Waals surface area contributed by atoms with Gasteiger partial charge in [-0.15, -0.1) is 0 Å². The Morgan fingerprint density at radius 2 is 2.11 bits per heavy atom. The minimum Gasteiger partial charge on any atom is -0.462 e. The van der Waals surface area contributed by atoms with Crippen molar-refractivity contribution in [2.24, 2.45) is 0 Å². The van der Waals surface area contributed by atoms with Crippen LogP contribution in [0.15, 0.2) is 34.9 Å². The first-order valence-electron chi connectivity index (χ1n) is 7.01. The molecule has 19 heavy (non-hydrogen) atoms. The lowest BCUT2D eigenvalue weighted by molar-refractivity contribution is 0.271. The maximum Gasteiger partial charge on any atom is 0.136 e. The lowest BCUT2D eigenvalue weighted by atomic mass is 9.88. The van der Waals surface area contributed by atoms with Gasteiger partial charge in [0.15, 0.2) is 0 Å². The number of furan rings is 1. The average molecular weight is 258 g/mol. The zero-order chi connectivity index (χ0) is 13.5. The number of benzene rings is 1. The van der Waals surface area contributed by atoms with Crippen LogP contribution in [0.25, 0.3) is 11.0 Å². The fraction of sp³-hybridized carbons (Fsp3) is 0.500. The Hall–Kier alpha value is -1.48. The second-order valence-electron chi connectivity index (χ2n) is 6.19. The maximum atomic E-state index is 5.66. The highest BCUT2D eigenvalue weighted by Gasteiger charge is 2.30. The van der Waals surface area contributed by atoms with E-state index in [4.69, 9.17) is 4.42 Å². The molecule has 1 aromatic carbocycles. The van der Waals surface area contributed by atoms with Gasteiger partial charge in [0.05, 0.1) is 5.69 Å². The molecule has 1 saturated heterocycles. The molecule has 0 spiro atoms. The van der Waals surface area contributed by atoms with Crippen molar-refractivity contribution in [1.82, 2.24) is 5.32 Å². The second kappa shape index (κ2) is 4.57. The van der Waals surface area contributed by atoms with Crippen molar-refractivity contribution >= 4 is 16.7 Å². The smallest absolute Gasteiger partial charge is 0.136 e. The Morgan fingerprint density at radius 1 is 1.32 bits per heavy atom. The number of fused-ring (bicyclic) bond motifs is 1. The van der Waals surface area contributed by atoms with Crippen LogP contribution in [0, 0.1) is 0 Å². The van der Waals surface area contributed by atoms with E-state index < -0.39 is 0 Å². The largest absolute Gasteiger partial charge is 0.462 e. The Balaban J connectivity index is 1.89. The molecular weight excluding hydrogens is 236 g/mol. The molecule has 1 N–H and O–H groups in total. The molecule has 0 aliphatic carbocycles. The highest BCUT2D eigenvalue weighted by Crippen LogP contribution is 2.32. The van der Waals surface area contributed by atoms with Crippen LogP contribution in [-0.2, 0) is 0 Å². The van der Waals surface area contributed by atoms with E-state index in [0.717, 1.165) is 18.5 Å². The molecule has 102 valence electrons. The van der Waals surface area contributed by atoms with Gasteiger partial charge in [-0.2, -0.15) is 0 Å². The quantitative estimate of drug-likeness (QED) is 0.895. The van der Waals surface area contributed by atoms with E-state index in [2.05, 4.69) is 43.2 Å².